The van der Waals surface area contributed by atoms with E-state index in [-0.39, 0.29) is 19.1 Å². The van der Waals surface area contributed by atoms with E-state index < -0.39 is 20.0 Å². The third-order valence-electron chi connectivity index (χ3n) is 9.94. The minimum atomic E-state index is -4.36. The Balaban J connectivity index is 4.51. The predicted molar refractivity (Wildman–Crippen MR) is 244 cm³/mol. The Kier molecular flexibility index (Phi) is 38.4. The van der Waals surface area contributed by atoms with Gasteiger partial charge in [-0.2, -0.15) is 0 Å². The van der Waals surface area contributed by atoms with Crippen LogP contribution < -0.4 is 5.32 Å². The summed E-state index contributed by atoms with van der Waals surface area (Å²) in [4.78, 5) is 23.1. The molecule has 3 unspecified atom stereocenters. The molecule has 3 atom stereocenters. The first-order chi connectivity index (χ1) is 27.5. The summed E-state index contributed by atoms with van der Waals surface area (Å²) >= 11 is 0. The fourth-order valence-electron chi connectivity index (χ4n) is 6.22. The Hall–Kier alpha value is -1.80. The molecule has 0 aromatic carbocycles. The molecule has 0 aromatic rings. The molecular formula is C48H90N2O6P+. The van der Waals surface area contributed by atoms with Gasteiger partial charge in [0.2, 0.25) is 5.91 Å². The molecule has 0 heterocycles. The number of amides is 1. The van der Waals surface area contributed by atoms with E-state index in [2.05, 4.69) is 67.8 Å². The number of aliphatic hydroxyl groups is 1. The molecule has 1 amide bonds. The second-order valence-corrected chi connectivity index (χ2v) is 18.2. The molecule has 0 fully saturated rings. The van der Waals surface area contributed by atoms with Gasteiger partial charge in [0.15, 0.2) is 0 Å². The zero-order valence-corrected chi connectivity index (χ0v) is 38.5. The largest absolute Gasteiger partial charge is 0.472 e. The second-order valence-electron chi connectivity index (χ2n) is 16.8. The molecule has 0 aliphatic heterocycles. The zero-order chi connectivity index (χ0) is 42.1. The van der Waals surface area contributed by atoms with Crippen LogP contribution in [0.5, 0.6) is 0 Å². The van der Waals surface area contributed by atoms with Crippen molar-refractivity contribution in [1.82, 2.24) is 5.32 Å². The van der Waals surface area contributed by atoms with Crippen molar-refractivity contribution in [3.8, 4) is 0 Å². The molecular weight excluding hydrogens is 732 g/mol. The molecule has 8 nitrogen and oxygen atoms in total. The van der Waals surface area contributed by atoms with Gasteiger partial charge in [-0.3, -0.25) is 13.8 Å². The van der Waals surface area contributed by atoms with Crippen LogP contribution in [-0.4, -0.2) is 73.4 Å². The predicted octanol–water partition coefficient (Wildman–Crippen LogP) is 13.0. The third kappa shape index (κ3) is 42.1. The van der Waals surface area contributed by atoms with E-state index in [0.29, 0.717) is 17.4 Å². The average molecular weight is 822 g/mol. The van der Waals surface area contributed by atoms with Crippen molar-refractivity contribution in [2.24, 2.45) is 0 Å². The van der Waals surface area contributed by atoms with Crippen molar-refractivity contribution in [2.75, 3.05) is 40.9 Å². The number of nitrogens with zero attached hydrogens (tertiary/aromatic N) is 1. The van der Waals surface area contributed by atoms with Crippen LogP contribution in [-0.2, 0) is 18.4 Å². The highest BCUT2D eigenvalue weighted by Gasteiger charge is 2.27. The number of quaternary nitrogens is 1. The number of phosphoric acid groups is 1. The van der Waals surface area contributed by atoms with Gasteiger partial charge in [-0.05, 0) is 77.0 Å². The summed E-state index contributed by atoms with van der Waals surface area (Å²) < 4.78 is 23.5. The maximum Gasteiger partial charge on any atom is 0.472 e. The van der Waals surface area contributed by atoms with Gasteiger partial charge in [-0.15, -0.1) is 0 Å². The van der Waals surface area contributed by atoms with E-state index in [9.17, 15) is 19.4 Å². The number of hydrogen-bond donors (Lipinski definition) is 3. The number of rotatable bonds is 41. The summed E-state index contributed by atoms with van der Waals surface area (Å²) in [5, 5.41) is 13.8. The number of carbonyl (C=O) groups excluding carboxylic acids is 1. The molecule has 0 aliphatic carbocycles. The summed E-state index contributed by atoms with van der Waals surface area (Å²) in [6.07, 6.45) is 51.5. The molecule has 3 N–H and O–H groups in total. The van der Waals surface area contributed by atoms with Crippen molar-refractivity contribution in [3.05, 3.63) is 60.8 Å². The van der Waals surface area contributed by atoms with Gasteiger partial charge in [0.1, 0.15) is 13.2 Å². The van der Waals surface area contributed by atoms with Crippen molar-refractivity contribution >= 4 is 13.7 Å². The summed E-state index contributed by atoms with van der Waals surface area (Å²) in [5.41, 5.74) is 0. The highest BCUT2D eigenvalue weighted by Crippen LogP contribution is 2.43. The van der Waals surface area contributed by atoms with Gasteiger partial charge in [-0.1, -0.05) is 164 Å². The molecule has 0 saturated heterocycles. The van der Waals surface area contributed by atoms with E-state index in [1.165, 1.54) is 96.3 Å². The Bertz CT molecular complexity index is 1110. The first kappa shape index (κ1) is 55.2. The first-order valence-corrected chi connectivity index (χ1v) is 24.7. The van der Waals surface area contributed by atoms with E-state index in [1.807, 2.05) is 27.2 Å². The average Bonchev–Trinajstić information content (AvgIpc) is 3.16. The number of aliphatic hydroxyl groups excluding tert-OH is 1. The van der Waals surface area contributed by atoms with Crippen LogP contribution >= 0.6 is 7.82 Å². The Morgan fingerprint density at radius 3 is 1.54 bits per heavy atom. The molecule has 0 radical (unpaired) electrons. The summed E-state index contributed by atoms with van der Waals surface area (Å²) in [6.45, 7) is 4.73. The maximum absolute atomic E-state index is 12.9. The smallest absolute Gasteiger partial charge is 0.387 e. The molecule has 332 valence electrons. The topological polar surface area (TPSA) is 105 Å². The molecule has 0 saturated carbocycles. The van der Waals surface area contributed by atoms with Crippen LogP contribution in [0.15, 0.2) is 60.8 Å². The van der Waals surface area contributed by atoms with Crippen molar-refractivity contribution in [3.63, 3.8) is 0 Å². The quantitative estimate of drug-likeness (QED) is 0.0245. The van der Waals surface area contributed by atoms with Gasteiger partial charge in [-0.25, -0.2) is 4.57 Å². The minimum absolute atomic E-state index is 0.0484. The minimum Gasteiger partial charge on any atom is -0.387 e. The van der Waals surface area contributed by atoms with Gasteiger partial charge in [0.25, 0.3) is 0 Å². The monoisotopic (exact) mass is 822 g/mol. The number of carbonyl (C=O) groups is 1. The Morgan fingerprint density at radius 2 is 1.02 bits per heavy atom. The number of allylic oxidation sites excluding steroid dienone is 9. The molecule has 57 heavy (non-hydrogen) atoms. The highest BCUT2D eigenvalue weighted by molar-refractivity contribution is 7.47. The SMILES string of the molecule is CCCCC/C=C\C/C=C\CCCCCCCC(=O)NC(COP(=O)(O)OCC[N+](C)(C)C)C(O)/C=C/CC/C=C/CC/C=C/CCCCCCCCCCCC. The normalized spacial score (nSPS) is 14.9. The lowest BCUT2D eigenvalue weighted by Crippen LogP contribution is -2.45. The second kappa shape index (κ2) is 39.6. The molecule has 0 rings (SSSR count). The van der Waals surface area contributed by atoms with Crippen LogP contribution in [0.25, 0.3) is 0 Å². The van der Waals surface area contributed by atoms with Gasteiger partial charge < -0.3 is 19.8 Å². The fourth-order valence-corrected chi connectivity index (χ4v) is 6.95. The lowest BCUT2D eigenvalue weighted by Gasteiger charge is -2.25. The number of nitrogens with one attached hydrogen (secondary N) is 1. The lowest BCUT2D eigenvalue weighted by molar-refractivity contribution is -0.870. The Labute approximate surface area is 351 Å². The van der Waals surface area contributed by atoms with E-state index in [4.69, 9.17) is 9.05 Å². The highest BCUT2D eigenvalue weighted by atomic mass is 31.2. The fraction of sp³-hybridized carbons (Fsp3) is 0.771. The summed E-state index contributed by atoms with van der Waals surface area (Å²) in [5.74, 6) is -0.207. The number of unbranched alkanes of at least 4 members (excludes halogenated alkanes) is 20. The number of phosphoric ester groups is 1. The molecule has 0 spiro atoms. The van der Waals surface area contributed by atoms with Gasteiger partial charge in [0, 0.05) is 6.42 Å². The molecule has 0 aliphatic rings. The third-order valence-corrected chi connectivity index (χ3v) is 10.9. The number of hydrogen-bond acceptors (Lipinski definition) is 5. The van der Waals surface area contributed by atoms with E-state index >= 15 is 0 Å². The Morgan fingerprint density at radius 1 is 0.596 bits per heavy atom. The van der Waals surface area contributed by atoms with E-state index in [0.717, 1.165) is 70.6 Å². The van der Waals surface area contributed by atoms with Crippen molar-refractivity contribution in [2.45, 2.75) is 199 Å². The van der Waals surface area contributed by atoms with Crippen LogP contribution in [0.2, 0.25) is 0 Å². The van der Waals surface area contributed by atoms with Crippen LogP contribution in [0.3, 0.4) is 0 Å². The number of likely N-dealkylation sites (N-methyl/N-ethyl adjacent to an activating group) is 1. The van der Waals surface area contributed by atoms with Crippen molar-refractivity contribution in [1.29, 1.82) is 0 Å². The first-order valence-electron chi connectivity index (χ1n) is 23.2. The van der Waals surface area contributed by atoms with Crippen LogP contribution in [0, 0.1) is 0 Å². The van der Waals surface area contributed by atoms with Crippen molar-refractivity contribution < 1.29 is 32.9 Å². The van der Waals surface area contributed by atoms with Crippen LogP contribution in [0.4, 0.5) is 0 Å². The van der Waals surface area contributed by atoms with Gasteiger partial charge >= 0.3 is 7.82 Å². The molecule has 0 aromatic heterocycles. The maximum atomic E-state index is 12.9. The summed E-state index contributed by atoms with van der Waals surface area (Å²) in [6, 6.07) is -0.878. The lowest BCUT2D eigenvalue weighted by atomic mass is 10.1. The summed E-state index contributed by atoms with van der Waals surface area (Å²) in [7, 11) is 1.53. The zero-order valence-electron chi connectivity index (χ0n) is 37.6. The van der Waals surface area contributed by atoms with E-state index in [1.54, 1.807) is 6.08 Å². The standard InChI is InChI=1S/C48H89N2O6P/c1-6-8-10-12-14-16-18-20-22-23-24-25-26-28-29-31-33-35-37-39-41-47(51)46(45-56-57(53,54)55-44-43-50(3,4)5)49-48(52)42-40-38-36-34-32-30-27-21-19-17-15-13-11-9-7-2/h15,17,21,25-27,31,33,39,41,46-47,51H,6-14,16,18-20,22-24,28-30,32,34-38,40,42-45H2,1-5H3,(H-,49,52,53,54)/p+1/b17-15-,26-25+,27-21-,33-31+,41-39+. The molecule has 0 bridgehead atoms. The van der Waals surface area contributed by atoms with Gasteiger partial charge in [0.05, 0.1) is 39.9 Å². The van der Waals surface area contributed by atoms with Crippen LogP contribution in [0.1, 0.15) is 187 Å². The molecule has 9 heteroatoms.